The van der Waals surface area contributed by atoms with E-state index in [-0.39, 0.29) is 18.0 Å². The molecule has 2 aromatic carbocycles. The normalized spacial score (nSPS) is 17.1. The number of carbonyl (C=O) groups is 1. The summed E-state index contributed by atoms with van der Waals surface area (Å²) in [4.78, 5) is 30.2. The van der Waals surface area contributed by atoms with Crippen molar-refractivity contribution in [3.8, 4) is 11.3 Å². The predicted molar refractivity (Wildman–Crippen MR) is 128 cm³/mol. The summed E-state index contributed by atoms with van der Waals surface area (Å²) in [6, 6.07) is 18.1. The Hall–Kier alpha value is -3.16. The Bertz CT molecular complexity index is 1260. The second kappa shape index (κ2) is 8.76. The largest absolute Gasteiger partial charge is 0.329 e. The third-order valence-electron chi connectivity index (χ3n) is 6.12. The highest BCUT2D eigenvalue weighted by Gasteiger charge is 2.33. The summed E-state index contributed by atoms with van der Waals surface area (Å²) in [5.41, 5.74) is 4.50. The van der Waals surface area contributed by atoms with Crippen LogP contribution >= 0.6 is 11.3 Å². The summed E-state index contributed by atoms with van der Waals surface area (Å²) in [5, 5.41) is 4.17. The third-order valence-corrected chi connectivity index (χ3v) is 7.19. The van der Waals surface area contributed by atoms with Gasteiger partial charge >= 0.3 is 0 Å². The van der Waals surface area contributed by atoms with Crippen molar-refractivity contribution < 1.29 is 4.79 Å². The molecule has 2 atom stereocenters. The number of amides is 1. The van der Waals surface area contributed by atoms with Gasteiger partial charge in [-0.05, 0) is 44.5 Å². The highest BCUT2D eigenvalue weighted by molar-refractivity contribution is 7.18. The molecule has 2 aromatic heterocycles. The van der Waals surface area contributed by atoms with E-state index < -0.39 is 0 Å². The van der Waals surface area contributed by atoms with Gasteiger partial charge in [0.25, 0.3) is 5.91 Å². The second-order valence-corrected chi connectivity index (χ2v) is 9.10. The molecule has 1 fully saturated rings. The van der Waals surface area contributed by atoms with Crippen molar-refractivity contribution in [3.63, 3.8) is 0 Å². The Morgan fingerprint density at radius 1 is 1.16 bits per heavy atom. The summed E-state index contributed by atoms with van der Waals surface area (Å²) in [6.45, 7) is 2.83. The number of likely N-dealkylation sites (tertiary alicyclic amines) is 1. The van der Waals surface area contributed by atoms with Gasteiger partial charge in [0, 0.05) is 23.7 Å². The van der Waals surface area contributed by atoms with Crippen LogP contribution in [0.2, 0.25) is 0 Å². The minimum Gasteiger partial charge on any atom is -0.329 e. The third kappa shape index (κ3) is 3.78. The first-order valence-electron chi connectivity index (χ1n) is 10.9. The summed E-state index contributed by atoms with van der Waals surface area (Å²) >= 11 is 1.57. The van der Waals surface area contributed by atoms with Crippen LogP contribution in [0.25, 0.3) is 21.6 Å². The molecule has 5 rings (SSSR count). The number of aromatic nitrogens is 3. The molecule has 1 aliphatic rings. The molecular weight excluding hydrogens is 418 g/mol. The molecule has 0 bridgehead atoms. The summed E-state index contributed by atoms with van der Waals surface area (Å²) in [7, 11) is 1.93. The molecule has 1 N–H and O–H groups in total. The van der Waals surface area contributed by atoms with Gasteiger partial charge in [0.1, 0.15) is 27.4 Å². The lowest BCUT2D eigenvalue weighted by molar-refractivity contribution is 0.0735. The minimum atomic E-state index is -0.0318. The zero-order valence-electron chi connectivity index (χ0n) is 18.2. The lowest BCUT2D eigenvalue weighted by Crippen LogP contribution is -2.30. The molecule has 0 saturated carbocycles. The molecule has 3 heterocycles. The van der Waals surface area contributed by atoms with Gasteiger partial charge in [-0.2, -0.15) is 0 Å². The van der Waals surface area contributed by atoms with Gasteiger partial charge in [0.2, 0.25) is 0 Å². The van der Waals surface area contributed by atoms with Crippen LogP contribution in [0.15, 0.2) is 60.9 Å². The van der Waals surface area contributed by atoms with Gasteiger partial charge in [0.05, 0.1) is 6.04 Å². The van der Waals surface area contributed by atoms with Gasteiger partial charge in [-0.3, -0.25) is 4.79 Å². The lowest BCUT2D eigenvalue weighted by Gasteiger charge is -2.23. The summed E-state index contributed by atoms with van der Waals surface area (Å²) in [5.74, 6) is 0.0614. The number of hydrogen-bond acceptors (Lipinski definition) is 6. The fourth-order valence-electron chi connectivity index (χ4n) is 4.26. The molecule has 0 radical (unpaired) electrons. The van der Waals surface area contributed by atoms with Gasteiger partial charge in [-0.25, -0.2) is 15.0 Å². The van der Waals surface area contributed by atoms with E-state index in [1.807, 2.05) is 60.5 Å². The van der Waals surface area contributed by atoms with E-state index in [4.69, 9.17) is 4.98 Å². The molecule has 2 unspecified atom stereocenters. The van der Waals surface area contributed by atoms with Crippen molar-refractivity contribution >= 4 is 27.6 Å². The maximum absolute atomic E-state index is 13.5. The molecule has 0 spiro atoms. The molecule has 1 saturated heterocycles. The first-order chi connectivity index (χ1) is 15.7. The average Bonchev–Trinajstić information content (AvgIpc) is 3.50. The van der Waals surface area contributed by atoms with Crippen molar-refractivity contribution in [1.82, 2.24) is 25.2 Å². The Morgan fingerprint density at radius 2 is 2.00 bits per heavy atom. The molecule has 162 valence electrons. The highest BCUT2D eigenvalue weighted by Crippen LogP contribution is 2.38. The quantitative estimate of drug-likeness (QED) is 0.469. The van der Waals surface area contributed by atoms with Crippen molar-refractivity contribution in [2.24, 2.45) is 0 Å². The van der Waals surface area contributed by atoms with E-state index in [1.165, 1.54) is 0 Å². The predicted octanol–water partition coefficient (Wildman–Crippen LogP) is 5.01. The molecule has 4 aromatic rings. The fourth-order valence-corrected chi connectivity index (χ4v) is 5.31. The lowest BCUT2D eigenvalue weighted by atomic mass is 10.0. The van der Waals surface area contributed by atoms with E-state index in [1.54, 1.807) is 17.7 Å². The van der Waals surface area contributed by atoms with Crippen molar-refractivity contribution in [2.45, 2.75) is 31.8 Å². The first kappa shape index (κ1) is 20.7. The zero-order chi connectivity index (χ0) is 22.1. The van der Waals surface area contributed by atoms with E-state index in [9.17, 15) is 4.79 Å². The highest BCUT2D eigenvalue weighted by atomic mass is 32.1. The molecule has 1 amide bonds. The first-order valence-corrected chi connectivity index (χ1v) is 11.7. The SMILES string of the molecule is CNC(C)c1cccc(C(=O)N2CCCC2c2nc3c(-c4ccccc4)ncnc3s2)c1. The Kier molecular flexibility index (Phi) is 5.68. The molecular formula is C25H25N5OS. The van der Waals surface area contributed by atoms with E-state index in [2.05, 4.69) is 28.3 Å². The van der Waals surface area contributed by atoms with Crippen LogP contribution in [0.1, 0.15) is 52.8 Å². The van der Waals surface area contributed by atoms with Crippen LogP contribution in [0.4, 0.5) is 0 Å². The minimum absolute atomic E-state index is 0.0318. The van der Waals surface area contributed by atoms with Gasteiger partial charge in [-0.1, -0.05) is 53.8 Å². The number of carbonyl (C=O) groups excluding carboxylic acids is 1. The topological polar surface area (TPSA) is 71.0 Å². The number of fused-ring (bicyclic) bond motifs is 1. The van der Waals surface area contributed by atoms with Crippen LogP contribution in [-0.2, 0) is 0 Å². The van der Waals surface area contributed by atoms with Gasteiger partial charge in [-0.15, -0.1) is 0 Å². The van der Waals surface area contributed by atoms with E-state index >= 15 is 0 Å². The van der Waals surface area contributed by atoms with Crippen LogP contribution in [0, 0.1) is 0 Å². The van der Waals surface area contributed by atoms with Gasteiger partial charge in [0.15, 0.2) is 0 Å². The maximum atomic E-state index is 13.5. The second-order valence-electron chi connectivity index (χ2n) is 8.09. The van der Waals surface area contributed by atoms with Crippen LogP contribution < -0.4 is 5.32 Å². The fraction of sp³-hybridized carbons (Fsp3) is 0.280. The van der Waals surface area contributed by atoms with Gasteiger partial charge < -0.3 is 10.2 Å². The zero-order valence-corrected chi connectivity index (χ0v) is 19.0. The number of benzene rings is 2. The van der Waals surface area contributed by atoms with E-state index in [0.29, 0.717) is 0 Å². The standard InChI is InChI=1S/C25H25N5OS/c1-16(26-2)18-10-6-11-19(14-18)25(31)30-13-7-12-20(30)23-29-22-21(17-8-4-3-5-9-17)27-15-28-24(22)32-23/h3-6,8-11,14-16,20,26H,7,12-13H2,1-2H3. The molecule has 32 heavy (non-hydrogen) atoms. The number of nitrogens with zero attached hydrogens (tertiary/aromatic N) is 4. The Balaban J connectivity index is 1.48. The average molecular weight is 444 g/mol. The Labute approximate surface area is 191 Å². The monoisotopic (exact) mass is 443 g/mol. The maximum Gasteiger partial charge on any atom is 0.254 e. The summed E-state index contributed by atoms with van der Waals surface area (Å²) < 4.78 is 0. The smallest absolute Gasteiger partial charge is 0.254 e. The van der Waals surface area contributed by atoms with Crippen LogP contribution in [0.3, 0.4) is 0 Å². The van der Waals surface area contributed by atoms with Crippen LogP contribution in [0.5, 0.6) is 0 Å². The summed E-state index contributed by atoms with van der Waals surface area (Å²) in [6.07, 6.45) is 3.47. The van der Waals surface area contributed by atoms with Crippen molar-refractivity contribution in [2.75, 3.05) is 13.6 Å². The molecule has 7 heteroatoms. The van der Waals surface area contributed by atoms with Crippen molar-refractivity contribution in [3.05, 3.63) is 77.1 Å². The number of hydrogen-bond donors (Lipinski definition) is 1. The van der Waals surface area contributed by atoms with E-state index in [0.717, 1.165) is 57.1 Å². The van der Waals surface area contributed by atoms with Crippen molar-refractivity contribution in [1.29, 1.82) is 0 Å². The molecule has 0 aliphatic carbocycles. The molecule has 1 aliphatic heterocycles. The number of thiazole rings is 1. The number of nitrogens with one attached hydrogen (secondary N) is 1. The molecule has 6 nitrogen and oxygen atoms in total. The van der Waals surface area contributed by atoms with Crippen LogP contribution in [-0.4, -0.2) is 39.4 Å². The number of rotatable bonds is 5. The Morgan fingerprint density at radius 3 is 2.81 bits per heavy atom.